The van der Waals surface area contributed by atoms with Crippen molar-refractivity contribution in [3.8, 4) is 5.75 Å². The number of aliphatic imine (C=N–C) groups is 1. The van der Waals surface area contributed by atoms with Gasteiger partial charge in [-0.15, -0.1) is 0 Å². The molecule has 0 radical (unpaired) electrons. The van der Waals surface area contributed by atoms with Crippen molar-refractivity contribution < 1.29 is 14.0 Å². The van der Waals surface area contributed by atoms with Crippen molar-refractivity contribution in [1.82, 2.24) is 5.32 Å². The van der Waals surface area contributed by atoms with E-state index in [9.17, 15) is 4.79 Å². The molecule has 0 saturated carbocycles. The van der Waals surface area contributed by atoms with Gasteiger partial charge in [0.2, 0.25) is 6.34 Å². The van der Waals surface area contributed by atoms with Crippen molar-refractivity contribution in [2.75, 3.05) is 19.7 Å². The number of carbonyl (C=O) groups excluding carboxylic acids is 1. The van der Waals surface area contributed by atoms with Crippen LogP contribution in [-0.4, -0.2) is 36.5 Å². The fourth-order valence-corrected chi connectivity index (χ4v) is 3.13. The molecule has 5 nitrogen and oxygen atoms in total. The van der Waals surface area contributed by atoms with Gasteiger partial charge in [0.25, 0.3) is 0 Å². The topological polar surface area (TPSA) is 50.7 Å². The molecule has 1 aromatic rings. The molecule has 1 aliphatic heterocycles. The summed E-state index contributed by atoms with van der Waals surface area (Å²) in [7, 11) is 0. The second-order valence-electron chi connectivity index (χ2n) is 5.00. The lowest BCUT2D eigenvalue weighted by Gasteiger charge is -2.23. The summed E-state index contributed by atoms with van der Waals surface area (Å²) in [6, 6.07) is 2.95. The third-order valence-electron chi connectivity index (χ3n) is 3.25. The molecule has 2 rings (SSSR count). The molecule has 1 heterocycles. The van der Waals surface area contributed by atoms with E-state index in [0.29, 0.717) is 33.9 Å². The lowest BCUT2D eigenvalue weighted by molar-refractivity contribution is -0.691. The Hall–Kier alpha value is -1.27. The molecule has 1 atom stereocenters. The number of hydrogen-bond acceptors (Lipinski definition) is 3. The Balaban J connectivity index is 1.87. The lowest BCUT2D eigenvalue weighted by Crippen LogP contribution is -2.52. The molecule has 1 unspecified atom stereocenters. The van der Waals surface area contributed by atoms with Crippen molar-refractivity contribution in [2.24, 2.45) is 4.99 Å². The Kier molecular flexibility index (Phi) is 6.30. The van der Waals surface area contributed by atoms with Gasteiger partial charge in [-0.25, -0.2) is 9.79 Å². The first-order chi connectivity index (χ1) is 11.0. The SMILES string of the molecule is CCC[N+]1(C(=O)NCCOc2c(Cl)cc(Cl)cc2Cl)C=CN=C1. The summed E-state index contributed by atoms with van der Waals surface area (Å²) in [5, 5.41) is 3.92. The maximum absolute atomic E-state index is 12.3. The fraction of sp³-hybridized carbons (Fsp3) is 0.333. The predicted octanol–water partition coefficient (Wildman–Crippen LogP) is 4.48. The molecule has 1 aliphatic rings. The minimum absolute atomic E-state index is 0.0684. The first-order valence-corrected chi connectivity index (χ1v) is 8.27. The number of halogens is 3. The molecule has 1 aromatic carbocycles. The molecular formula is C15H17Cl3N3O2+. The predicted molar refractivity (Wildman–Crippen MR) is 93.4 cm³/mol. The number of ether oxygens (including phenoxy) is 1. The van der Waals surface area contributed by atoms with E-state index in [-0.39, 0.29) is 17.1 Å². The standard InChI is InChI=1S/C15H16Cl3N3O2/c1-2-5-21(6-3-19-10-21)15(22)20-4-7-23-14-12(17)8-11(16)9-13(14)18/h3,6,8-10H,2,4-5,7H2,1H3/p+1. The molecular weight excluding hydrogens is 361 g/mol. The molecule has 124 valence electrons. The molecule has 0 fully saturated rings. The van der Waals surface area contributed by atoms with E-state index in [4.69, 9.17) is 39.5 Å². The van der Waals surface area contributed by atoms with Crippen molar-refractivity contribution >= 4 is 47.2 Å². The van der Waals surface area contributed by atoms with Crippen LogP contribution in [0.3, 0.4) is 0 Å². The van der Waals surface area contributed by atoms with Gasteiger partial charge >= 0.3 is 6.03 Å². The zero-order valence-corrected chi connectivity index (χ0v) is 14.8. The average molecular weight is 378 g/mol. The summed E-state index contributed by atoms with van der Waals surface area (Å²) >= 11 is 17.9. The maximum atomic E-state index is 12.3. The van der Waals surface area contributed by atoms with Crippen LogP contribution in [-0.2, 0) is 0 Å². The van der Waals surface area contributed by atoms with Crippen molar-refractivity contribution in [3.63, 3.8) is 0 Å². The number of rotatable bonds is 6. The minimum Gasteiger partial charge on any atom is -0.489 e. The molecule has 0 saturated heterocycles. The maximum Gasteiger partial charge on any atom is 0.427 e. The number of amides is 2. The van der Waals surface area contributed by atoms with E-state index in [1.165, 1.54) is 0 Å². The molecule has 2 amide bonds. The molecule has 23 heavy (non-hydrogen) atoms. The smallest absolute Gasteiger partial charge is 0.427 e. The van der Waals surface area contributed by atoms with Crippen LogP contribution in [0.4, 0.5) is 4.79 Å². The molecule has 8 heteroatoms. The van der Waals surface area contributed by atoms with Gasteiger partial charge in [-0.2, -0.15) is 4.48 Å². The molecule has 0 aromatic heterocycles. The van der Waals surface area contributed by atoms with Crippen LogP contribution in [0.15, 0.2) is 29.5 Å². The van der Waals surface area contributed by atoms with Gasteiger partial charge in [0.1, 0.15) is 12.8 Å². The Labute approximate surface area is 150 Å². The second-order valence-corrected chi connectivity index (χ2v) is 6.25. The first kappa shape index (κ1) is 18.1. The number of hydrogen-bond donors (Lipinski definition) is 1. The number of nitrogens with zero attached hydrogens (tertiary/aromatic N) is 2. The van der Waals surface area contributed by atoms with Crippen LogP contribution in [0.5, 0.6) is 5.75 Å². The second kappa shape index (κ2) is 8.02. The van der Waals surface area contributed by atoms with E-state index in [0.717, 1.165) is 6.42 Å². The van der Waals surface area contributed by atoms with Gasteiger partial charge in [0.05, 0.1) is 29.3 Å². The van der Waals surface area contributed by atoms with Gasteiger partial charge in [-0.1, -0.05) is 41.7 Å². The highest BCUT2D eigenvalue weighted by Crippen LogP contribution is 2.35. The summed E-state index contributed by atoms with van der Waals surface area (Å²) < 4.78 is 5.60. The highest BCUT2D eigenvalue weighted by Gasteiger charge is 2.34. The minimum atomic E-state index is -0.152. The number of nitrogens with one attached hydrogen (secondary N) is 1. The highest BCUT2D eigenvalue weighted by molar-refractivity contribution is 6.40. The summed E-state index contributed by atoms with van der Waals surface area (Å²) in [4.78, 5) is 16.4. The van der Waals surface area contributed by atoms with E-state index in [1.54, 1.807) is 30.9 Å². The van der Waals surface area contributed by atoms with Crippen molar-refractivity contribution in [2.45, 2.75) is 13.3 Å². The Morgan fingerprint density at radius 3 is 2.57 bits per heavy atom. The normalized spacial score (nSPS) is 19.1. The van der Waals surface area contributed by atoms with E-state index >= 15 is 0 Å². The summed E-state index contributed by atoms with van der Waals surface area (Å²) in [5.74, 6) is 0.354. The number of quaternary nitrogens is 1. The zero-order valence-electron chi connectivity index (χ0n) is 12.6. The third-order valence-corrected chi connectivity index (χ3v) is 4.03. The fourth-order valence-electron chi connectivity index (χ4n) is 2.20. The first-order valence-electron chi connectivity index (χ1n) is 7.14. The van der Waals surface area contributed by atoms with Crippen LogP contribution in [0.1, 0.15) is 13.3 Å². The Morgan fingerprint density at radius 1 is 1.30 bits per heavy atom. The lowest BCUT2D eigenvalue weighted by atomic mass is 10.3. The van der Waals surface area contributed by atoms with Crippen molar-refractivity contribution in [3.05, 3.63) is 39.6 Å². The van der Waals surface area contributed by atoms with Gasteiger partial charge in [-0.05, 0) is 18.6 Å². The number of carbonyl (C=O) groups is 1. The summed E-state index contributed by atoms with van der Waals surface area (Å²) in [6.07, 6.45) is 5.86. The van der Waals surface area contributed by atoms with Crippen LogP contribution < -0.4 is 10.1 Å². The highest BCUT2D eigenvalue weighted by atomic mass is 35.5. The van der Waals surface area contributed by atoms with Crippen LogP contribution in [0, 0.1) is 0 Å². The largest absolute Gasteiger partial charge is 0.489 e. The quantitative estimate of drug-likeness (QED) is 0.587. The van der Waals surface area contributed by atoms with Gasteiger partial charge in [0.15, 0.2) is 5.75 Å². The van der Waals surface area contributed by atoms with E-state index in [1.807, 2.05) is 6.92 Å². The summed E-state index contributed by atoms with van der Waals surface area (Å²) in [6.45, 7) is 3.22. The monoisotopic (exact) mass is 376 g/mol. The number of benzene rings is 1. The van der Waals surface area contributed by atoms with Gasteiger partial charge in [0, 0.05) is 5.02 Å². The average Bonchev–Trinajstić information content (AvgIpc) is 2.95. The molecule has 0 aliphatic carbocycles. The molecule has 1 N–H and O–H groups in total. The summed E-state index contributed by atoms with van der Waals surface area (Å²) in [5.41, 5.74) is 0. The van der Waals surface area contributed by atoms with Crippen LogP contribution in [0.2, 0.25) is 15.1 Å². The van der Waals surface area contributed by atoms with Gasteiger partial charge < -0.3 is 10.1 Å². The zero-order chi connectivity index (χ0) is 16.9. The molecule has 0 bridgehead atoms. The number of urea groups is 1. The Morgan fingerprint density at radius 2 is 2.00 bits per heavy atom. The van der Waals surface area contributed by atoms with Crippen LogP contribution in [0.25, 0.3) is 0 Å². The third kappa shape index (κ3) is 4.38. The Bertz CT molecular complexity index is 612. The van der Waals surface area contributed by atoms with Crippen LogP contribution >= 0.6 is 34.8 Å². The van der Waals surface area contributed by atoms with Gasteiger partial charge in [-0.3, -0.25) is 0 Å². The van der Waals surface area contributed by atoms with E-state index < -0.39 is 0 Å². The van der Waals surface area contributed by atoms with Crippen molar-refractivity contribution in [1.29, 1.82) is 0 Å². The van der Waals surface area contributed by atoms with E-state index in [2.05, 4.69) is 10.3 Å². The molecule has 0 spiro atoms.